The molecule has 0 spiro atoms. The minimum absolute atomic E-state index is 0.436. The Bertz CT molecular complexity index is 300. The summed E-state index contributed by atoms with van der Waals surface area (Å²) in [5.74, 6) is 1.73. The number of hydrogen-bond donors (Lipinski definition) is 2. The van der Waals surface area contributed by atoms with E-state index in [1.54, 1.807) is 0 Å². The van der Waals surface area contributed by atoms with E-state index in [1.807, 2.05) is 26.2 Å². The SMILES string of the molecule is CC1=C(N)[N+]2(C)NC=CC2=N1. The number of hydrogen-bond acceptors (Lipinski definition) is 3. The number of quaternary nitrogens is 1. The summed E-state index contributed by atoms with van der Waals surface area (Å²) in [6, 6.07) is 0. The fraction of sp³-hybridized carbons (Fsp3) is 0.286. The molecule has 4 heteroatoms. The van der Waals surface area contributed by atoms with Gasteiger partial charge in [0.1, 0.15) is 12.7 Å². The maximum atomic E-state index is 5.83. The second kappa shape index (κ2) is 1.65. The first-order valence-corrected chi connectivity index (χ1v) is 3.51. The average molecular weight is 151 g/mol. The lowest BCUT2D eigenvalue weighted by Gasteiger charge is -2.23. The van der Waals surface area contributed by atoms with Gasteiger partial charge < -0.3 is 5.73 Å². The quantitative estimate of drug-likeness (QED) is 0.480. The number of nitrogens with one attached hydrogen (secondary N) is 1. The second-order valence-corrected chi connectivity index (χ2v) is 2.91. The fourth-order valence-corrected chi connectivity index (χ4v) is 1.36. The van der Waals surface area contributed by atoms with Crippen LogP contribution in [-0.4, -0.2) is 17.5 Å². The molecule has 1 unspecified atom stereocenters. The summed E-state index contributed by atoms with van der Waals surface area (Å²) >= 11 is 0. The van der Waals surface area contributed by atoms with Crippen LogP contribution in [0.2, 0.25) is 0 Å². The van der Waals surface area contributed by atoms with Crippen LogP contribution < -0.4 is 11.2 Å². The highest BCUT2D eigenvalue weighted by atomic mass is 15.7. The van der Waals surface area contributed by atoms with Crippen molar-refractivity contribution < 1.29 is 4.59 Å². The molecule has 2 heterocycles. The zero-order valence-electron chi connectivity index (χ0n) is 6.63. The predicted molar refractivity (Wildman–Crippen MR) is 42.8 cm³/mol. The van der Waals surface area contributed by atoms with Crippen molar-refractivity contribution in [1.29, 1.82) is 0 Å². The number of amidine groups is 1. The van der Waals surface area contributed by atoms with Gasteiger partial charge in [0, 0.05) is 6.08 Å². The molecule has 0 saturated heterocycles. The van der Waals surface area contributed by atoms with E-state index in [0.29, 0.717) is 4.59 Å². The molecule has 2 rings (SSSR count). The number of likely N-dealkylation sites (N-methyl/N-ethyl adjacent to an activating group) is 1. The van der Waals surface area contributed by atoms with Gasteiger partial charge in [0.25, 0.3) is 11.7 Å². The van der Waals surface area contributed by atoms with Gasteiger partial charge in [-0.2, -0.15) is 4.99 Å². The number of allylic oxidation sites excluding steroid dienone is 1. The minimum atomic E-state index is 0.436. The first-order valence-electron chi connectivity index (χ1n) is 3.51. The monoisotopic (exact) mass is 151 g/mol. The molecule has 0 aromatic rings. The van der Waals surface area contributed by atoms with Gasteiger partial charge in [-0.3, -0.25) is 0 Å². The van der Waals surface area contributed by atoms with Crippen LogP contribution in [0.15, 0.2) is 28.8 Å². The molecule has 11 heavy (non-hydrogen) atoms. The highest BCUT2D eigenvalue weighted by Gasteiger charge is 2.41. The molecule has 3 N–H and O–H groups in total. The third kappa shape index (κ3) is 0.593. The van der Waals surface area contributed by atoms with Crippen molar-refractivity contribution in [1.82, 2.24) is 5.43 Å². The van der Waals surface area contributed by atoms with Crippen molar-refractivity contribution in [2.45, 2.75) is 6.92 Å². The van der Waals surface area contributed by atoms with E-state index in [0.717, 1.165) is 17.4 Å². The molecule has 0 amide bonds. The molecule has 0 bridgehead atoms. The average Bonchev–Trinajstić information content (AvgIpc) is 2.39. The number of fused-ring (bicyclic) bond motifs is 1. The highest BCUT2D eigenvalue weighted by molar-refractivity contribution is 5.91. The molecule has 0 fully saturated rings. The summed E-state index contributed by atoms with van der Waals surface area (Å²) in [4.78, 5) is 4.30. The molecule has 4 nitrogen and oxygen atoms in total. The third-order valence-corrected chi connectivity index (χ3v) is 2.16. The first-order chi connectivity index (χ1) is 5.14. The Morgan fingerprint density at radius 3 is 3.00 bits per heavy atom. The normalized spacial score (nSPS) is 33.8. The van der Waals surface area contributed by atoms with Gasteiger partial charge in [0.05, 0.1) is 6.20 Å². The molecule has 0 aliphatic carbocycles. The van der Waals surface area contributed by atoms with Gasteiger partial charge in [-0.15, -0.1) is 4.59 Å². The van der Waals surface area contributed by atoms with Crippen molar-refractivity contribution in [2.75, 3.05) is 7.05 Å². The van der Waals surface area contributed by atoms with Crippen molar-refractivity contribution in [2.24, 2.45) is 10.7 Å². The number of nitrogens with zero attached hydrogens (tertiary/aromatic N) is 2. The van der Waals surface area contributed by atoms with Crippen LogP contribution in [0.5, 0.6) is 0 Å². The van der Waals surface area contributed by atoms with Crippen molar-refractivity contribution >= 4 is 5.84 Å². The van der Waals surface area contributed by atoms with E-state index in [2.05, 4.69) is 10.4 Å². The van der Waals surface area contributed by atoms with Crippen LogP contribution in [0.3, 0.4) is 0 Å². The number of nitrogens with two attached hydrogens (primary N) is 1. The predicted octanol–water partition coefficient (Wildman–Crippen LogP) is 0.0247. The minimum Gasteiger partial charge on any atom is -0.351 e. The lowest BCUT2D eigenvalue weighted by atomic mass is 10.5. The molecule has 0 saturated carbocycles. The smallest absolute Gasteiger partial charge is 0.260 e. The molecule has 58 valence electrons. The van der Waals surface area contributed by atoms with Gasteiger partial charge in [-0.25, -0.2) is 5.43 Å². The van der Waals surface area contributed by atoms with Crippen molar-refractivity contribution in [3.05, 3.63) is 23.8 Å². The largest absolute Gasteiger partial charge is 0.351 e. The van der Waals surface area contributed by atoms with Gasteiger partial charge in [-0.05, 0) is 6.92 Å². The number of rotatable bonds is 0. The summed E-state index contributed by atoms with van der Waals surface area (Å²) in [6.07, 6.45) is 3.79. The Morgan fingerprint density at radius 2 is 2.36 bits per heavy atom. The lowest BCUT2D eigenvalue weighted by Crippen LogP contribution is -2.52. The summed E-state index contributed by atoms with van der Waals surface area (Å²) in [5.41, 5.74) is 9.85. The third-order valence-electron chi connectivity index (χ3n) is 2.16. The zero-order valence-corrected chi connectivity index (χ0v) is 6.63. The van der Waals surface area contributed by atoms with Gasteiger partial charge in [0.2, 0.25) is 0 Å². The molecule has 2 aliphatic heterocycles. The van der Waals surface area contributed by atoms with Crippen molar-refractivity contribution in [3.63, 3.8) is 0 Å². The Labute approximate surface area is 65.3 Å². The Kier molecular flexibility index (Phi) is 0.964. The van der Waals surface area contributed by atoms with Gasteiger partial charge in [0.15, 0.2) is 0 Å². The molecule has 0 aromatic carbocycles. The Balaban J connectivity index is 2.53. The van der Waals surface area contributed by atoms with E-state index >= 15 is 0 Å². The van der Waals surface area contributed by atoms with E-state index in [9.17, 15) is 0 Å². The maximum Gasteiger partial charge on any atom is 0.260 e. The van der Waals surface area contributed by atoms with Crippen LogP contribution in [0.4, 0.5) is 0 Å². The molecule has 1 atom stereocenters. The number of aliphatic imine (C=N–C) groups is 1. The molecular weight excluding hydrogens is 140 g/mol. The van der Waals surface area contributed by atoms with Gasteiger partial charge >= 0.3 is 0 Å². The fourth-order valence-electron chi connectivity index (χ4n) is 1.36. The first kappa shape index (κ1) is 6.42. The Hall–Kier alpha value is -1.29. The second-order valence-electron chi connectivity index (χ2n) is 2.91. The van der Waals surface area contributed by atoms with Crippen LogP contribution in [0.1, 0.15) is 6.92 Å². The van der Waals surface area contributed by atoms with Crippen LogP contribution in [-0.2, 0) is 0 Å². The zero-order chi connectivity index (χ0) is 8.06. The summed E-state index contributed by atoms with van der Waals surface area (Å²) in [7, 11) is 1.98. The van der Waals surface area contributed by atoms with Crippen LogP contribution in [0.25, 0.3) is 0 Å². The topological polar surface area (TPSA) is 50.4 Å². The molecule has 0 radical (unpaired) electrons. The van der Waals surface area contributed by atoms with E-state index < -0.39 is 0 Å². The van der Waals surface area contributed by atoms with E-state index in [4.69, 9.17) is 5.73 Å². The Morgan fingerprint density at radius 1 is 1.64 bits per heavy atom. The van der Waals surface area contributed by atoms with Crippen LogP contribution >= 0.6 is 0 Å². The molecule has 0 aromatic heterocycles. The summed E-state index contributed by atoms with van der Waals surface area (Å²) in [6.45, 7) is 1.92. The lowest BCUT2D eigenvalue weighted by molar-refractivity contribution is -0.816. The van der Waals surface area contributed by atoms with E-state index in [1.165, 1.54) is 0 Å². The maximum absolute atomic E-state index is 5.83. The highest BCUT2D eigenvalue weighted by Crippen LogP contribution is 2.24. The van der Waals surface area contributed by atoms with Crippen LogP contribution in [0, 0.1) is 0 Å². The molecule has 2 aliphatic rings. The standard InChI is InChI=1S/C7H11N4/c1-5-7(8)11(2)6(10-5)3-4-9-11/h3-4,9H,8H2,1-2H3/q+1. The van der Waals surface area contributed by atoms with Crippen molar-refractivity contribution in [3.8, 4) is 0 Å². The summed E-state index contributed by atoms with van der Waals surface area (Å²) < 4.78 is 0.436. The van der Waals surface area contributed by atoms with E-state index in [-0.39, 0.29) is 0 Å². The molecular formula is C7H11N4+. The summed E-state index contributed by atoms with van der Waals surface area (Å²) in [5, 5.41) is 0. The van der Waals surface area contributed by atoms with Gasteiger partial charge in [-0.1, -0.05) is 0 Å².